The molecule has 0 amide bonds. The number of pyridine rings is 1. The van der Waals surface area contributed by atoms with Gasteiger partial charge in [0.1, 0.15) is 5.15 Å². The molecule has 0 aliphatic heterocycles. The number of unbranched alkanes of at least 4 members (excludes halogenated alkanes) is 3. The van der Waals surface area contributed by atoms with E-state index in [9.17, 15) is 10.1 Å². The van der Waals surface area contributed by atoms with Gasteiger partial charge in [0.05, 0.1) is 4.92 Å². The Balaban J connectivity index is 2.56. The molecule has 0 spiro atoms. The summed E-state index contributed by atoms with van der Waals surface area (Å²) in [7, 11) is 0. The zero-order valence-electron chi connectivity index (χ0n) is 9.69. The van der Waals surface area contributed by atoms with Crippen molar-refractivity contribution in [2.24, 2.45) is 0 Å². The van der Waals surface area contributed by atoms with E-state index in [4.69, 9.17) is 11.6 Å². The van der Waals surface area contributed by atoms with Crippen molar-refractivity contribution in [3.63, 3.8) is 0 Å². The van der Waals surface area contributed by atoms with Gasteiger partial charge in [-0.1, -0.05) is 49.5 Å². The van der Waals surface area contributed by atoms with Crippen molar-refractivity contribution in [1.29, 1.82) is 0 Å². The largest absolute Gasteiger partial charge is 0.301 e. The molecule has 0 aliphatic rings. The Morgan fingerprint density at radius 1 is 1.41 bits per heavy atom. The summed E-state index contributed by atoms with van der Waals surface area (Å²) in [6.07, 6.45) is 4.58. The molecular weight excluding hydrogens is 260 g/mol. The summed E-state index contributed by atoms with van der Waals surface area (Å²) in [4.78, 5) is 14.4. The van der Waals surface area contributed by atoms with Crippen LogP contribution in [0.4, 0.5) is 5.69 Å². The minimum absolute atomic E-state index is 0.0369. The summed E-state index contributed by atoms with van der Waals surface area (Å²) < 4.78 is 0. The molecule has 0 saturated carbocycles. The second kappa shape index (κ2) is 7.50. The van der Waals surface area contributed by atoms with Crippen LogP contribution < -0.4 is 0 Å². The first-order valence-electron chi connectivity index (χ1n) is 5.59. The number of nitrogens with zero attached hydrogens (tertiary/aromatic N) is 2. The number of hydrogen-bond donors (Lipinski definition) is 0. The van der Waals surface area contributed by atoms with E-state index < -0.39 is 4.92 Å². The van der Waals surface area contributed by atoms with Crippen molar-refractivity contribution in [1.82, 2.24) is 4.98 Å². The lowest BCUT2D eigenvalue weighted by Gasteiger charge is -2.02. The van der Waals surface area contributed by atoms with Crippen molar-refractivity contribution in [3.8, 4) is 0 Å². The van der Waals surface area contributed by atoms with Crippen molar-refractivity contribution >= 4 is 29.1 Å². The molecule has 0 unspecified atom stereocenters. The molecule has 6 heteroatoms. The third kappa shape index (κ3) is 4.91. The Labute approximate surface area is 110 Å². The maximum atomic E-state index is 10.8. The summed E-state index contributed by atoms with van der Waals surface area (Å²) >= 11 is 7.14. The molecule has 1 aromatic heterocycles. The van der Waals surface area contributed by atoms with E-state index in [2.05, 4.69) is 11.9 Å². The Hall–Kier alpha value is -0.810. The van der Waals surface area contributed by atoms with E-state index in [1.54, 1.807) is 0 Å². The van der Waals surface area contributed by atoms with Crippen molar-refractivity contribution in [2.75, 3.05) is 5.75 Å². The molecule has 0 fully saturated rings. The molecule has 0 N–H and O–H groups in total. The number of nitro groups is 1. The summed E-state index contributed by atoms with van der Waals surface area (Å²) in [5, 5.41) is 11.5. The molecule has 0 aromatic carbocycles. The maximum absolute atomic E-state index is 10.8. The molecule has 0 atom stereocenters. The molecular formula is C11H15ClN2O2S. The zero-order chi connectivity index (χ0) is 12.7. The fraction of sp³-hybridized carbons (Fsp3) is 0.545. The molecule has 17 heavy (non-hydrogen) atoms. The Kier molecular flexibility index (Phi) is 6.29. The van der Waals surface area contributed by atoms with Gasteiger partial charge in [-0.25, -0.2) is 4.98 Å². The first kappa shape index (κ1) is 14.3. The highest BCUT2D eigenvalue weighted by Crippen LogP contribution is 2.29. The van der Waals surface area contributed by atoms with Gasteiger partial charge in [0.25, 0.3) is 0 Å². The predicted molar refractivity (Wildman–Crippen MR) is 70.8 cm³/mol. The van der Waals surface area contributed by atoms with Gasteiger partial charge in [-0.15, -0.1) is 0 Å². The van der Waals surface area contributed by atoms with E-state index >= 15 is 0 Å². The zero-order valence-corrected chi connectivity index (χ0v) is 11.3. The van der Waals surface area contributed by atoms with Gasteiger partial charge < -0.3 is 0 Å². The Bertz CT molecular complexity index is 388. The second-order valence-electron chi connectivity index (χ2n) is 3.62. The maximum Gasteiger partial charge on any atom is 0.301 e. The summed E-state index contributed by atoms with van der Waals surface area (Å²) in [6, 6.07) is 2.85. The lowest BCUT2D eigenvalue weighted by molar-refractivity contribution is -0.388. The van der Waals surface area contributed by atoms with Crippen LogP contribution >= 0.6 is 23.4 Å². The van der Waals surface area contributed by atoms with Crippen LogP contribution in [0.15, 0.2) is 17.2 Å². The molecule has 0 saturated heterocycles. The van der Waals surface area contributed by atoms with Crippen molar-refractivity contribution in [2.45, 2.75) is 37.6 Å². The molecule has 94 valence electrons. The number of hydrogen-bond acceptors (Lipinski definition) is 4. The monoisotopic (exact) mass is 274 g/mol. The van der Waals surface area contributed by atoms with Crippen LogP contribution in [0.2, 0.25) is 5.15 Å². The minimum atomic E-state index is -0.419. The van der Waals surface area contributed by atoms with Gasteiger partial charge in [0.15, 0.2) is 5.03 Å². The first-order valence-corrected chi connectivity index (χ1v) is 6.95. The van der Waals surface area contributed by atoms with Crippen LogP contribution in [0.1, 0.15) is 32.6 Å². The number of thioether (sulfide) groups is 1. The van der Waals surface area contributed by atoms with Crippen LogP contribution in [-0.4, -0.2) is 15.7 Å². The van der Waals surface area contributed by atoms with E-state index in [1.165, 1.54) is 36.7 Å². The van der Waals surface area contributed by atoms with Crippen molar-refractivity contribution in [3.05, 3.63) is 27.4 Å². The average molecular weight is 275 g/mol. The Morgan fingerprint density at radius 2 is 2.18 bits per heavy atom. The highest BCUT2D eigenvalue weighted by atomic mass is 35.5. The quantitative estimate of drug-likeness (QED) is 0.244. The highest BCUT2D eigenvalue weighted by molar-refractivity contribution is 7.99. The normalized spacial score (nSPS) is 10.5. The van der Waals surface area contributed by atoms with Gasteiger partial charge in [0.2, 0.25) is 0 Å². The van der Waals surface area contributed by atoms with E-state index in [1.807, 2.05) is 0 Å². The fourth-order valence-corrected chi connectivity index (χ4v) is 2.55. The highest BCUT2D eigenvalue weighted by Gasteiger charge is 2.15. The van der Waals surface area contributed by atoms with Gasteiger partial charge in [0, 0.05) is 6.07 Å². The molecule has 4 nitrogen and oxygen atoms in total. The topological polar surface area (TPSA) is 56.0 Å². The third-order valence-corrected chi connectivity index (χ3v) is 3.52. The molecule has 1 rings (SSSR count). The first-order chi connectivity index (χ1) is 8.15. The lowest BCUT2D eigenvalue weighted by atomic mass is 10.2. The van der Waals surface area contributed by atoms with Gasteiger partial charge >= 0.3 is 5.69 Å². The van der Waals surface area contributed by atoms with Crippen LogP contribution in [0, 0.1) is 10.1 Å². The van der Waals surface area contributed by atoms with Gasteiger partial charge in [-0.3, -0.25) is 10.1 Å². The average Bonchev–Trinajstić information content (AvgIpc) is 2.28. The van der Waals surface area contributed by atoms with E-state index in [-0.39, 0.29) is 5.69 Å². The minimum Gasteiger partial charge on any atom is -0.258 e. The van der Waals surface area contributed by atoms with Gasteiger partial charge in [-0.05, 0) is 18.2 Å². The van der Waals surface area contributed by atoms with Crippen LogP contribution in [0.3, 0.4) is 0 Å². The van der Waals surface area contributed by atoms with E-state index in [0.29, 0.717) is 10.2 Å². The smallest absolute Gasteiger partial charge is 0.258 e. The van der Waals surface area contributed by atoms with Gasteiger partial charge in [-0.2, -0.15) is 0 Å². The van der Waals surface area contributed by atoms with E-state index in [0.717, 1.165) is 18.6 Å². The number of rotatable bonds is 7. The fourth-order valence-electron chi connectivity index (χ4n) is 1.35. The SMILES string of the molecule is CCCCCCSc1nc(Cl)ccc1[N+](=O)[O-]. The molecule has 1 aromatic rings. The van der Waals surface area contributed by atoms with Crippen LogP contribution in [0.25, 0.3) is 0 Å². The summed E-state index contributed by atoms with van der Waals surface area (Å²) in [6.45, 7) is 2.15. The Morgan fingerprint density at radius 3 is 2.82 bits per heavy atom. The molecule has 0 aliphatic carbocycles. The predicted octanol–water partition coefficient (Wildman–Crippen LogP) is 4.32. The summed E-state index contributed by atoms with van der Waals surface area (Å²) in [5.74, 6) is 0.841. The third-order valence-electron chi connectivity index (χ3n) is 2.24. The number of halogens is 1. The number of aromatic nitrogens is 1. The standard InChI is InChI=1S/C11H15ClN2O2S/c1-2-3-4-5-8-17-11-9(14(15)16)6-7-10(12)13-11/h6-7H,2-5,8H2,1H3. The second-order valence-corrected chi connectivity index (χ2v) is 5.10. The molecule has 0 bridgehead atoms. The lowest BCUT2D eigenvalue weighted by Crippen LogP contribution is -1.94. The van der Waals surface area contributed by atoms with Crippen LogP contribution in [-0.2, 0) is 0 Å². The van der Waals surface area contributed by atoms with Crippen molar-refractivity contribution < 1.29 is 4.92 Å². The van der Waals surface area contributed by atoms with Crippen LogP contribution in [0.5, 0.6) is 0 Å². The molecule has 0 radical (unpaired) electrons. The molecule has 1 heterocycles. The summed E-state index contributed by atoms with van der Waals surface area (Å²) in [5.41, 5.74) is 0.0369.